The molecule has 29 heavy (non-hydrogen) atoms. The SMILES string of the molecule is Cc1cc2c3c(c(C)c(C)cc3c1)-c1c(c3sc(CC(C)(C)C)cc3c[n+]1C)O2. The van der Waals surface area contributed by atoms with Crippen LogP contribution in [-0.2, 0) is 13.5 Å². The van der Waals surface area contributed by atoms with Crippen molar-refractivity contribution in [2.45, 2.75) is 48.0 Å². The Hall–Kier alpha value is -2.39. The third-order valence-corrected chi connectivity index (χ3v) is 7.09. The lowest BCUT2D eigenvalue weighted by atomic mass is 9.89. The van der Waals surface area contributed by atoms with Crippen LogP contribution in [-0.4, -0.2) is 0 Å². The number of benzene rings is 2. The number of pyridine rings is 1. The molecule has 3 heterocycles. The highest BCUT2D eigenvalue weighted by molar-refractivity contribution is 7.19. The van der Waals surface area contributed by atoms with Crippen LogP contribution in [0.15, 0.2) is 30.5 Å². The molecule has 0 saturated heterocycles. The molecule has 0 aliphatic carbocycles. The van der Waals surface area contributed by atoms with Gasteiger partial charge in [-0.3, -0.25) is 0 Å². The fraction of sp³-hybridized carbons (Fsp3) is 0.346. The fourth-order valence-electron chi connectivity index (χ4n) is 4.64. The Bertz CT molecular complexity index is 1320. The third kappa shape index (κ3) is 2.86. The lowest BCUT2D eigenvalue weighted by Gasteiger charge is -2.22. The van der Waals surface area contributed by atoms with Crippen molar-refractivity contribution in [3.8, 4) is 22.8 Å². The summed E-state index contributed by atoms with van der Waals surface area (Å²) in [5, 5.41) is 3.78. The molecule has 3 heteroatoms. The average molecular weight is 403 g/mol. The number of thiophene rings is 1. The standard InChI is InChI=1S/C26H28NOS/c1-14-8-17-10-15(2)16(3)21-22(17)20(9-14)28-24-23(21)27(7)13-18-11-19(29-25(18)24)12-26(4,5)6/h8-11,13H,12H2,1-7H3/q+1. The molecular weight excluding hydrogens is 374 g/mol. The smallest absolute Gasteiger partial charge is 0.257 e. The van der Waals surface area contributed by atoms with Crippen LogP contribution in [0.5, 0.6) is 11.5 Å². The van der Waals surface area contributed by atoms with E-state index in [-0.39, 0.29) is 5.41 Å². The van der Waals surface area contributed by atoms with E-state index in [4.69, 9.17) is 4.74 Å². The van der Waals surface area contributed by atoms with Crippen molar-refractivity contribution in [1.29, 1.82) is 0 Å². The summed E-state index contributed by atoms with van der Waals surface area (Å²) in [5.74, 6) is 2.01. The Morgan fingerprint density at radius 3 is 2.48 bits per heavy atom. The number of fused-ring (bicyclic) bond motifs is 4. The van der Waals surface area contributed by atoms with Gasteiger partial charge < -0.3 is 4.74 Å². The highest BCUT2D eigenvalue weighted by atomic mass is 32.1. The van der Waals surface area contributed by atoms with Gasteiger partial charge in [0.05, 0.1) is 15.6 Å². The zero-order valence-electron chi connectivity index (χ0n) is 18.4. The van der Waals surface area contributed by atoms with E-state index in [1.165, 1.54) is 53.7 Å². The van der Waals surface area contributed by atoms with Gasteiger partial charge in [0, 0.05) is 10.3 Å². The van der Waals surface area contributed by atoms with E-state index in [9.17, 15) is 0 Å². The summed E-state index contributed by atoms with van der Waals surface area (Å²) in [5.41, 5.74) is 6.70. The van der Waals surface area contributed by atoms with E-state index >= 15 is 0 Å². The van der Waals surface area contributed by atoms with Gasteiger partial charge in [-0.1, -0.05) is 32.9 Å². The van der Waals surface area contributed by atoms with Gasteiger partial charge in [-0.25, -0.2) is 0 Å². The molecule has 0 atom stereocenters. The molecule has 0 spiro atoms. The summed E-state index contributed by atoms with van der Waals surface area (Å²) in [6.45, 7) is 13.5. The first-order chi connectivity index (χ1) is 13.6. The number of nitrogens with zero attached hydrogens (tertiary/aromatic N) is 1. The maximum atomic E-state index is 6.65. The second-order valence-corrected chi connectivity index (χ2v) is 10.9. The molecule has 148 valence electrons. The highest BCUT2D eigenvalue weighted by Crippen LogP contribution is 2.51. The number of aryl methyl sites for hydroxylation is 3. The number of ether oxygens (including phenoxy) is 1. The molecule has 0 radical (unpaired) electrons. The lowest BCUT2D eigenvalue weighted by molar-refractivity contribution is -0.659. The van der Waals surface area contributed by atoms with Gasteiger partial charge in [0.1, 0.15) is 12.8 Å². The molecule has 2 aromatic carbocycles. The molecule has 2 aromatic heterocycles. The highest BCUT2D eigenvalue weighted by Gasteiger charge is 2.33. The third-order valence-electron chi connectivity index (χ3n) is 5.94. The topological polar surface area (TPSA) is 13.1 Å². The van der Waals surface area contributed by atoms with Gasteiger partial charge in [-0.2, -0.15) is 4.57 Å². The molecule has 0 amide bonds. The van der Waals surface area contributed by atoms with Crippen molar-refractivity contribution < 1.29 is 9.30 Å². The van der Waals surface area contributed by atoms with Crippen LogP contribution >= 0.6 is 11.3 Å². The molecule has 5 rings (SSSR count). The Morgan fingerprint density at radius 2 is 1.76 bits per heavy atom. The van der Waals surface area contributed by atoms with Crippen molar-refractivity contribution in [2.75, 3.05) is 0 Å². The van der Waals surface area contributed by atoms with Gasteiger partial charge in [0.25, 0.3) is 5.69 Å². The molecule has 0 fully saturated rings. The van der Waals surface area contributed by atoms with Crippen LogP contribution in [0.2, 0.25) is 0 Å². The quantitative estimate of drug-likeness (QED) is 0.271. The van der Waals surface area contributed by atoms with Crippen LogP contribution in [0, 0.1) is 26.2 Å². The monoisotopic (exact) mass is 402 g/mol. The second-order valence-electron chi connectivity index (χ2n) is 9.81. The maximum absolute atomic E-state index is 6.65. The lowest BCUT2D eigenvalue weighted by Crippen LogP contribution is -2.32. The van der Waals surface area contributed by atoms with E-state index in [0.29, 0.717) is 0 Å². The molecule has 1 aliphatic rings. The fourth-order valence-corrected chi connectivity index (χ4v) is 6.06. The minimum absolute atomic E-state index is 0.271. The van der Waals surface area contributed by atoms with E-state index in [2.05, 4.69) is 83.6 Å². The molecule has 0 N–H and O–H groups in total. The molecule has 0 bridgehead atoms. The first-order valence-electron chi connectivity index (χ1n) is 10.3. The minimum atomic E-state index is 0.271. The predicted octanol–water partition coefficient (Wildman–Crippen LogP) is 7.17. The van der Waals surface area contributed by atoms with Gasteiger partial charge in [-0.05, 0) is 66.8 Å². The second kappa shape index (κ2) is 6.06. The largest absolute Gasteiger partial charge is 0.448 e. The molecule has 0 saturated carbocycles. The van der Waals surface area contributed by atoms with Crippen LogP contribution in [0.1, 0.15) is 42.3 Å². The van der Waals surface area contributed by atoms with Gasteiger partial charge in [-0.15, -0.1) is 11.3 Å². The summed E-state index contributed by atoms with van der Waals surface area (Å²) in [6, 6.07) is 9.10. The molecule has 2 nitrogen and oxygen atoms in total. The van der Waals surface area contributed by atoms with Gasteiger partial charge in [0.15, 0.2) is 6.20 Å². The van der Waals surface area contributed by atoms with Gasteiger partial charge >= 0.3 is 0 Å². The summed E-state index contributed by atoms with van der Waals surface area (Å²) < 4.78 is 10.2. The number of aromatic nitrogens is 1. The van der Waals surface area contributed by atoms with E-state index in [1.807, 2.05) is 11.3 Å². The zero-order chi connectivity index (χ0) is 20.7. The summed E-state index contributed by atoms with van der Waals surface area (Å²) in [6.07, 6.45) is 3.35. The van der Waals surface area contributed by atoms with Crippen LogP contribution in [0.4, 0.5) is 0 Å². The summed E-state index contributed by atoms with van der Waals surface area (Å²) >= 11 is 1.89. The van der Waals surface area contributed by atoms with E-state index < -0.39 is 0 Å². The normalized spacial score (nSPS) is 13.1. The van der Waals surface area contributed by atoms with Crippen LogP contribution in [0.3, 0.4) is 0 Å². The van der Waals surface area contributed by atoms with Crippen molar-refractivity contribution in [3.05, 3.63) is 52.0 Å². The first-order valence-corrected chi connectivity index (χ1v) is 11.1. The number of hydrogen-bond acceptors (Lipinski definition) is 2. The van der Waals surface area contributed by atoms with Crippen molar-refractivity contribution in [1.82, 2.24) is 0 Å². The predicted molar refractivity (Wildman–Crippen MR) is 123 cm³/mol. The first kappa shape index (κ1) is 18.6. The Kier molecular flexibility index (Phi) is 3.89. The van der Waals surface area contributed by atoms with Gasteiger partial charge in [0.2, 0.25) is 5.75 Å². The number of rotatable bonds is 1. The minimum Gasteiger partial charge on any atom is -0.448 e. The van der Waals surface area contributed by atoms with Crippen LogP contribution < -0.4 is 9.30 Å². The molecular formula is C26H28NOS+. The van der Waals surface area contributed by atoms with Crippen molar-refractivity contribution in [3.63, 3.8) is 0 Å². The molecule has 1 aliphatic heterocycles. The molecule has 4 aromatic rings. The number of hydrogen-bond donors (Lipinski definition) is 0. The molecule has 0 unspecified atom stereocenters. The van der Waals surface area contributed by atoms with E-state index in [1.54, 1.807) is 0 Å². The van der Waals surface area contributed by atoms with Crippen LogP contribution in [0.25, 0.3) is 32.1 Å². The Labute approximate surface area is 176 Å². The maximum Gasteiger partial charge on any atom is 0.257 e. The summed E-state index contributed by atoms with van der Waals surface area (Å²) in [4.78, 5) is 1.42. The van der Waals surface area contributed by atoms with Crippen molar-refractivity contribution in [2.24, 2.45) is 12.5 Å². The summed E-state index contributed by atoms with van der Waals surface area (Å²) in [7, 11) is 2.15. The average Bonchev–Trinajstić information content (AvgIpc) is 2.98. The van der Waals surface area contributed by atoms with E-state index in [0.717, 1.165) is 17.9 Å². The van der Waals surface area contributed by atoms with Crippen molar-refractivity contribution >= 4 is 32.2 Å². The Morgan fingerprint density at radius 1 is 1.00 bits per heavy atom. The zero-order valence-corrected chi connectivity index (χ0v) is 19.2. The Balaban J connectivity index is 1.87.